The number of benzene rings is 2. The highest BCUT2D eigenvalue weighted by Crippen LogP contribution is 2.29. The third-order valence-corrected chi connectivity index (χ3v) is 7.84. The lowest BCUT2D eigenvalue weighted by Crippen LogP contribution is -2.26. The maximum absolute atomic E-state index is 12.0. The number of nitrogens with one attached hydrogen (secondary N) is 1. The number of carbonyl (C=O) groups is 2. The van der Waals surface area contributed by atoms with Crippen molar-refractivity contribution in [1.82, 2.24) is 14.9 Å². The summed E-state index contributed by atoms with van der Waals surface area (Å²) in [5.74, 6) is -0.700. The van der Waals surface area contributed by atoms with Crippen molar-refractivity contribution in [1.29, 1.82) is 0 Å². The number of carboxylic acid groups (broad SMARTS) is 1. The van der Waals surface area contributed by atoms with Crippen LogP contribution in [0.1, 0.15) is 16.2 Å². The molecule has 0 aliphatic rings. The van der Waals surface area contributed by atoms with Crippen LogP contribution in [-0.2, 0) is 29.0 Å². The van der Waals surface area contributed by atoms with Gasteiger partial charge in [0.05, 0.1) is 19.2 Å². The monoisotopic (exact) mass is 543 g/mol. The summed E-state index contributed by atoms with van der Waals surface area (Å²) in [7, 11) is 0. The zero-order valence-corrected chi connectivity index (χ0v) is 22.5. The van der Waals surface area contributed by atoms with Crippen molar-refractivity contribution in [2.45, 2.75) is 25.8 Å². The fraction of sp³-hybridized carbons (Fsp3) is 0.167. The second-order valence-electron chi connectivity index (χ2n) is 8.52. The zero-order valence-electron chi connectivity index (χ0n) is 20.8. The molecule has 0 fully saturated rings. The van der Waals surface area contributed by atoms with Gasteiger partial charge in [0.25, 0.3) is 0 Å². The summed E-state index contributed by atoms with van der Waals surface area (Å²) in [6.07, 6.45) is 6.94. The molecule has 2 N–H and O–H groups in total. The lowest BCUT2D eigenvalue weighted by molar-refractivity contribution is -0.136. The minimum Gasteiger partial charge on any atom is -0.481 e. The van der Waals surface area contributed by atoms with Crippen LogP contribution in [0.15, 0.2) is 104 Å². The van der Waals surface area contributed by atoms with E-state index in [0.29, 0.717) is 13.0 Å². The zero-order chi connectivity index (χ0) is 26.6. The van der Waals surface area contributed by atoms with Crippen LogP contribution in [0.2, 0.25) is 0 Å². The normalized spacial score (nSPS) is 10.4. The first-order valence-electron chi connectivity index (χ1n) is 12.3. The van der Waals surface area contributed by atoms with Crippen molar-refractivity contribution >= 4 is 34.6 Å². The number of carboxylic acids is 1. The van der Waals surface area contributed by atoms with Crippen molar-refractivity contribution in [3.8, 4) is 20.9 Å². The van der Waals surface area contributed by atoms with Gasteiger partial charge in [0, 0.05) is 45.0 Å². The molecule has 0 unspecified atom stereocenters. The van der Waals surface area contributed by atoms with Gasteiger partial charge in [-0.3, -0.25) is 9.59 Å². The topological polar surface area (TPSA) is 84.2 Å². The number of hydrogen-bond donors (Lipinski definition) is 2. The van der Waals surface area contributed by atoms with Crippen LogP contribution in [0.25, 0.3) is 20.9 Å². The maximum atomic E-state index is 12.0. The number of carbonyl (C=O) groups excluding carboxylic acids is 1. The molecule has 194 valence electrons. The van der Waals surface area contributed by atoms with Crippen molar-refractivity contribution in [3.05, 3.63) is 113 Å². The van der Waals surface area contributed by atoms with E-state index in [2.05, 4.69) is 28.5 Å². The molecule has 2 aromatic carbocycles. The Morgan fingerprint density at radius 1 is 0.789 bits per heavy atom. The van der Waals surface area contributed by atoms with Crippen molar-refractivity contribution < 1.29 is 14.7 Å². The van der Waals surface area contributed by atoms with Gasteiger partial charge in [0.1, 0.15) is 0 Å². The standard InChI is InChI=1S/C18H19N3OS.C12H10O2S/c22-18(20-9-4-11-21-12-10-19-14-21)13-16-7-8-17(23-16)15-5-2-1-3-6-15;13-12(14)8-10-6-7-11(15-10)9-4-2-1-3-5-9/h1-3,5-8,10,12,14H,4,9,11,13H2,(H,20,22);1-7H,8H2,(H,13,14). The Kier molecular flexibility index (Phi) is 10.0. The summed E-state index contributed by atoms with van der Waals surface area (Å²) in [6, 6.07) is 28.2. The van der Waals surface area contributed by atoms with Gasteiger partial charge in [-0.15, -0.1) is 22.7 Å². The molecule has 3 heterocycles. The van der Waals surface area contributed by atoms with Crippen molar-refractivity contribution in [2.75, 3.05) is 6.54 Å². The summed E-state index contributed by atoms with van der Waals surface area (Å²) < 4.78 is 2.01. The molecule has 38 heavy (non-hydrogen) atoms. The maximum Gasteiger partial charge on any atom is 0.308 e. The number of rotatable bonds is 10. The molecule has 0 radical (unpaired) electrons. The van der Waals surface area contributed by atoms with E-state index in [1.807, 2.05) is 77.5 Å². The third kappa shape index (κ3) is 8.54. The predicted octanol–water partition coefficient (Wildman–Crippen LogP) is 6.40. The number of amides is 1. The molecule has 0 saturated heterocycles. The van der Waals surface area contributed by atoms with Crippen LogP contribution in [0, 0.1) is 0 Å². The smallest absolute Gasteiger partial charge is 0.308 e. The molecule has 0 aliphatic heterocycles. The molecule has 3 aromatic heterocycles. The number of hydrogen-bond acceptors (Lipinski definition) is 5. The molecule has 5 aromatic rings. The van der Waals surface area contributed by atoms with Gasteiger partial charge in [-0.1, -0.05) is 60.7 Å². The van der Waals surface area contributed by atoms with E-state index in [4.69, 9.17) is 5.11 Å². The molecule has 0 saturated carbocycles. The van der Waals surface area contributed by atoms with Gasteiger partial charge in [-0.05, 0) is 41.8 Å². The van der Waals surface area contributed by atoms with E-state index in [0.717, 1.165) is 33.2 Å². The lowest BCUT2D eigenvalue weighted by atomic mass is 10.2. The van der Waals surface area contributed by atoms with Gasteiger partial charge in [0.2, 0.25) is 5.91 Å². The van der Waals surface area contributed by atoms with Gasteiger partial charge >= 0.3 is 5.97 Å². The van der Waals surface area contributed by atoms with Gasteiger partial charge < -0.3 is 15.0 Å². The summed E-state index contributed by atoms with van der Waals surface area (Å²) in [4.78, 5) is 30.8. The number of thiophene rings is 2. The second kappa shape index (κ2) is 14.1. The summed E-state index contributed by atoms with van der Waals surface area (Å²) in [5, 5.41) is 11.6. The Hall–Kier alpha value is -4.01. The Morgan fingerprint density at radius 3 is 1.89 bits per heavy atom. The molecular formula is C30H29N3O3S2. The Labute approximate surface area is 230 Å². The van der Waals surface area contributed by atoms with Crippen LogP contribution in [-0.4, -0.2) is 33.1 Å². The molecule has 1 amide bonds. The van der Waals surface area contributed by atoms with E-state index < -0.39 is 5.97 Å². The fourth-order valence-electron chi connectivity index (χ4n) is 3.74. The SMILES string of the molecule is O=C(Cc1ccc(-c2ccccc2)s1)NCCCn1ccnc1.O=C(O)Cc1ccc(-c2ccccc2)s1. The van der Waals surface area contributed by atoms with E-state index in [1.165, 1.54) is 21.8 Å². The minimum atomic E-state index is -0.781. The molecule has 8 heteroatoms. The first kappa shape index (κ1) is 27.0. The summed E-state index contributed by atoms with van der Waals surface area (Å²) in [5.41, 5.74) is 2.34. The molecular weight excluding hydrogens is 514 g/mol. The van der Waals surface area contributed by atoms with Crippen LogP contribution >= 0.6 is 22.7 Å². The minimum absolute atomic E-state index is 0.0806. The Bertz CT molecular complexity index is 1410. The summed E-state index contributed by atoms with van der Waals surface area (Å²) in [6.45, 7) is 1.56. The van der Waals surface area contributed by atoms with Gasteiger partial charge in [-0.2, -0.15) is 0 Å². The fourth-order valence-corrected chi connectivity index (χ4v) is 5.76. The number of nitrogens with zero attached hydrogens (tertiary/aromatic N) is 2. The van der Waals surface area contributed by atoms with Gasteiger partial charge in [0.15, 0.2) is 0 Å². The summed E-state index contributed by atoms with van der Waals surface area (Å²) >= 11 is 3.21. The molecule has 0 spiro atoms. The largest absolute Gasteiger partial charge is 0.481 e. The number of imidazole rings is 1. The molecule has 0 atom stereocenters. The first-order valence-corrected chi connectivity index (χ1v) is 13.9. The highest BCUT2D eigenvalue weighted by atomic mass is 32.1. The van der Waals surface area contributed by atoms with Crippen molar-refractivity contribution in [2.24, 2.45) is 0 Å². The van der Waals surface area contributed by atoms with E-state index >= 15 is 0 Å². The van der Waals surface area contributed by atoms with E-state index in [-0.39, 0.29) is 12.3 Å². The highest BCUT2D eigenvalue weighted by molar-refractivity contribution is 7.15. The average Bonchev–Trinajstić information content (AvgIpc) is 3.71. The predicted molar refractivity (Wildman–Crippen MR) is 154 cm³/mol. The molecule has 0 bridgehead atoms. The number of aryl methyl sites for hydroxylation is 1. The van der Waals surface area contributed by atoms with E-state index in [9.17, 15) is 9.59 Å². The highest BCUT2D eigenvalue weighted by Gasteiger charge is 2.08. The quantitative estimate of drug-likeness (QED) is 0.200. The van der Waals surface area contributed by atoms with E-state index in [1.54, 1.807) is 23.9 Å². The number of aliphatic carboxylic acids is 1. The lowest BCUT2D eigenvalue weighted by Gasteiger charge is -2.05. The number of aromatic nitrogens is 2. The van der Waals surface area contributed by atoms with Crippen molar-refractivity contribution in [3.63, 3.8) is 0 Å². The third-order valence-electron chi connectivity index (χ3n) is 5.57. The van der Waals surface area contributed by atoms with Crippen LogP contribution in [0.4, 0.5) is 0 Å². The molecule has 5 rings (SSSR count). The first-order chi connectivity index (χ1) is 18.6. The Balaban J connectivity index is 0.000000194. The Morgan fingerprint density at radius 2 is 1.37 bits per heavy atom. The second-order valence-corrected chi connectivity index (χ2v) is 10.9. The molecule has 0 aliphatic carbocycles. The van der Waals surface area contributed by atoms with Gasteiger partial charge in [-0.25, -0.2) is 4.98 Å². The van der Waals surface area contributed by atoms with Crippen LogP contribution in [0.3, 0.4) is 0 Å². The van der Waals surface area contributed by atoms with Crippen LogP contribution in [0.5, 0.6) is 0 Å². The van der Waals surface area contributed by atoms with Crippen LogP contribution < -0.4 is 5.32 Å². The average molecular weight is 544 g/mol. The molecule has 6 nitrogen and oxygen atoms in total.